The van der Waals surface area contributed by atoms with E-state index in [1.54, 1.807) is 17.7 Å². The first-order chi connectivity index (χ1) is 25.3. The van der Waals surface area contributed by atoms with Crippen LogP contribution in [0.3, 0.4) is 0 Å². The lowest BCUT2D eigenvalue weighted by Crippen LogP contribution is -2.06. The van der Waals surface area contributed by atoms with Gasteiger partial charge in [-0.3, -0.25) is 4.57 Å². The van der Waals surface area contributed by atoms with Crippen LogP contribution in [-0.4, -0.2) is 34.1 Å². The van der Waals surface area contributed by atoms with Crippen molar-refractivity contribution in [2.24, 2.45) is 0 Å². The third kappa shape index (κ3) is 4.08. The number of rotatable bonds is 4. The SMILES string of the molecule is c1ccc(-c2nc(-c3ccccc3)nc(-n3c4ccccc4c4c5sc6ncncc6c5c5c(c6ccccc6n5-c5ccccc5)c43)n2)cc1. The van der Waals surface area contributed by atoms with Crippen LogP contribution in [0.2, 0.25) is 0 Å². The Morgan fingerprint density at radius 1 is 0.471 bits per heavy atom. The summed E-state index contributed by atoms with van der Waals surface area (Å²) in [7, 11) is 0. The summed E-state index contributed by atoms with van der Waals surface area (Å²) in [5.41, 5.74) is 7.23. The molecule has 8 heteroatoms. The lowest BCUT2D eigenvalue weighted by molar-refractivity contribution is 0.955. The second kappa shape index (κ2) is 10.9. The number of thiophene rings is 1. The molecule has 0 fully saturated rings. The minimum atomic E-state index is 0.562. The first-order valence-electron chi connectivity index (χ1n) is 16.8. The normalized spacial score (nSPS) is 11.9. The van der Waals surface area contributed by atoms with Gasteiger partial charge in [0.1, 0.15) is 11.2 Å². The molecule has 238 valence electrons. The van der Waals surface area contributed by atoms with Crippen LogP contribution in [0.15, 0.2) is 152 Å². The van der Waals surface area contributed by atoms with Gasteiger partial charge in [0.15, 0.2) is 11.6 Å². The minimum absolute atomic E-state index is 0.562. The van der Waals surface area contributed by atoms with Crippen LogP contribution in [0.25, 0.3) is 98.3 Å². The molecule has 0 bridgehead atoms. The Labute approximate surface area is 294 Å². The number of para-hydroxylation sites is 3. The fourth-order valence-corrected chi connectivity index (χ4v) is 8.80. The quantitative estimate of drug-likeness (QED) is 0.186. The van der Waals surface area contributed by atoms with Crippen molar-refractivity contribution in [3.8, 4) is 34.4 Å². The summed E-state index contributed by atoms with van der Waals surface area (Å²) >= 11 is 1.71. The third-order valence-corrected chi connectivity index (χ3v) is 10.9. The van der Waals surface area contributed by atoms with Crippen molar-refractivity contribution in [2.75, 3.05) is 0 Å². The van der Waals surface area contributed by atoms with Crippen LogP contribution < -0.4 is 0 Å². The van der Waals surface area contributed by atoms with Gasteiger partial charge in [0.25, 0.3) is 0 Å². The number of nitrogens with zero attached hydrogens (tertiary/aromatic N) is 7. The smallest absolute Gasteiger partial charge is 0.238 e. The average Bonchev–Trinajstić information content (AvgIpc) is 3.87. The molecule has 5 aromatic heterocycles. The third-order valence-electron chi connectivity index (χ3n) is 9.72. The lowest BCUT2D eigenvalue weighted by Gasteiger charge is -2.12. The molecular weight excluding hydrogens is 647 g/mol. The number of aromatic nitrogens is 7. The molecule has 0 aliphatic rings. The molecule has 0 amide bonds. The van der Waals surface area contributed by atoms with Crippen molar-refractivity contribution in [3.63, 3.8) is 0 Å². The molecule has 0 saturated carbocycles. The van der Waals surface area contributed by atoms with Crippen LogP contribution in [0, 0.1) is 0 Å². The molecule has 7 nitrogen and oxygen atoms in total. The first kappa shape index (κ1) is 28.1. The highest BCUT2D eigenvalue weighted by Crippen LogP contribution is 2.50. The Bertz CT molecular complexity index is 3070. The summed E-state index contributed by atoms with van der Waals surface area (Å²) in [6, 6.07) is 48.2. The Kier molecular flexibility index (Phi) is 5.99. The molecule has 11 rings (SSSR count). The van der Waals surface area contributed by atoms with Gasteiger partial charge in [-0.25, -0.2) is 15.0 Å². The van der Waals surface area contributed by atoms with Crippen molar-refractivity contribution in [1.29, 1.82) is 0 Å². The largest absolute Gasteiger partial charge is 0.308 e. The molecule has 0 unspecified atom stereocenters. The lowest BCUT2D eigenvalue weighted by atomic mass is 10.0. The molecule has 0 N–H and O–H groups in total. The molecule has 0 aliphatic carbocycles. The zero-order valence-corrected chi connectivity index (χ0v) is 27.8. The van der Waals surface area contributed by atoms with Crippen molar-refractivity contribution >= 4 is 75.3 Å². The molecular formula is C43H25N7S. The topological polar surface area (TPSA) is 74.3 Å². The highest BCUT2D eigenvalue weighted by molar-refractivity contribution is 7.26. The highest BCUT2D eigenvalue weighted by atomic mass is 32.1. The van der Waals surface area contributed by atoms with E-state index in [0.717, 1.165) is 80.7 Å². The number of hydrogen-bond acceptors (Lipinski definition) is 6. The van der Waals surface area contributed by atoms with E-state index in [0.29, 0.717) is 17.6 Å². The summed E-state index contributed by atoms with van der Waals surface area (Å²) < 4.78 is 5.81. The average molecular weight is 672 g/mol. The molecule has 5 heterocycles. The van der Waals surface area contributed by atoms with E-state index in [1.165, 1.54) is 0 Å². The first-order valence-corrected chi connectivity index (χ1v) is 17.6. The van der Waals surface area contributed by atoms with Gasteiger partial charge in [-0.1, -0.05) is 115 Å². The van der Waals surface area contributed by atoms with Crippen LogP contribution in [-0.2, 0) is 0 Å². The maximum atomic E-state index is 5.26. The molecule has 0 atom stereocenters. The van der Waals surface area contributed by atoms with Gasteiger partial charge in [-0.2, -0.15) is 9.97 Å². The Hall–Kier alpha value is -6.77. The van der Waals surface area contributed by atoms with Gasteiger partial charge < -0.3 is 4.57 Å². The van der Waals surface area contributed by atoms with Crippen molar-refractivity contribution in [3.05, 3.63) is 152 Å². The van der Waals surface area contributed by atoms with Crippen LogP contribution in [0.5, 0.6) is 0 Å². The molecule has 0 saturated heterocycles. The second-order valence-corrected chi connectivity index (χ2v) is 13.5. The molecule has 51 heavy (non-hydrogen) atoms. The summed E-state index contributed by atoms with van der Waals surface area (Å²) in [6.07, 6.45) is 3.60. The second-order valence-electron chi connectivity index (χ2n) is 12.6. The number of fused-ring (bicyclic) bond motifs is 12. The summed E-state index contributed by atoms with van der Waals surface area (Å²) in [5, 5.41) is 6.72. The van der Waals surface area contributed by atoms with Crippen LogP contribution in [0.1, 0.15) is 0 Å². The van der Waals surface area contributed by atoms with Crippen molar-refractivity contribution in [1.82, 2.24) is 34.1 Å². The molecule has 0 spiro atoms. The Balaban J connectivity index is 1.41. The van der Waals surface area contributed by atoms with E-state index >= 15 is 0 Å². The number of benzene rings is 6. The molecule has 6 aromatic carbocycles. The standard InChI is InChI=1S/C43H25N7S/c1-4-14-26(15-5-1)40-46-41(27-16-6-2-7-17-27)48-43(47-40)50-33-23-13-11-21-30(33)35-38(50)34-29-20-10-12-22-32(29)49(28-18-8-3-9-19-28)37(34)36-31-24-44-25-45-42(31)51-39(35)36/h1-25H. The van der Waals surface area contributed by atoms with E-state index in [9.17, 15) is 0 Å². The maximum absolute atomic E-state index is 5.26. The molecule has 11 aromatic rings. The zero-order chi connectivity index (χ0) is 33.5. The maximum Gasteiger partial charge on any atom is 0.238 e. The minimum Gasteiger partial charge on any atom is -0.308 e. The predicted molar refractivity (Wildman–Crippen MR) is 208 cm³/mol. The Morgan fingerprint density at radius 2 is 1.00 bits per heavy atom. The zero-order valence-electron chi connectivity index (χ0n) is 27.0. The highest BCUT2D eigenvalue weighted by Gasteiger charge is 2.28. The Morgan fingerprint density at radius 3 is 1.67 bits per heavy atom. The van der Waals surface area contributed by atoms with Gasteiger partial charge >= 0.3 is 0 Å². The summed E-state index contributed by atoms with van der Waals surface area (Å²) in [4.78, 5) is 25.8. The van der Waals surface area contributed by atoms with E-state index in [1.807, 2.05) is 66.9 Å². The van der Waals surface area contributed by atoms with Gasteiger partial charge in [0.2, 0.25) is 5.95 Å². The van der Waals surface area contributed by atoms with Crippen molar-refractivity contribution < 1.29 is 0 Å². The van der Waals surface area contributed by atoms with Crippen molar-refractivity contribution in [2.45, 2.75) is 0 Å². The van der Waals surface area contributed by atoms with E-state index in [4.69, 9.17) is 19.9 Å². The summed E-state index contributed by atoms with van der Waals surface area (Å²) in [6.45, 7) is 0. The van der Waals surface area contributed by atoms with E-state index in [2.05, 4.69) is 93.0 Å². The molecule has 0 aliphatic heterocycles. The van der Waals surface area contributed by atoms with E-state index in [-0.39, 0.29) is 0 Å². The van der Waals surface area contributed by atoms with Crippen LogP contribution in [0.4, 0.5) is 0 Å². The van der Waals surface area contributed by atoms with E-state index < -0.39 is 0 Å². The van der Waals surface area contributed by atoms with Gasteiger partial charge in [0, 0.05) is 60.0 Å². The summed E-state index contributed by atoms with van der Waals surface area (Å²) in [5.74, 6) is 1.80. The molecule has 0 radical (unpaired) electrons. The number of hydrogen-bond donors (Lipinski definition) is 0. The fraction of sp³-hybridized carbons (Fsp3) is 0. The monoisotopic (exact) mass is 671 g/mol. The van der Waals surface area contributed by atoms with Gasteiger partial charge in [-0.15, -0.1) is 11.3 Å². The fourth-order valence-electron chi connectivity index (χ4n) is 7.63. The van der Waals surface area contributed by atoms with Crippen LogP contribution >= 0.6 is 11.3 Å². The van der Waals surface area contributed by atoms with Gasteiger partial charge in [-0.05, 0) is 24.3 Å². The predicted octanol–water partition coefficient (Wildman–Crippen LogP) is 10.6. The van der Waals surface area contributed by atoms with Gasteiger partial charge in [0.05, 0.1) is 22.1 Å².